The number of hydrogen-bond donors (Lipinski definition) is 1. The van der Waals surface area contributed by atoms with Crippen molar-refractivity contribution in [3.8, 4) is 0 Å². The molecular weight excluding hydrogens is 488 g/mol. The van der Waals surface area contributed by atoms with E-state index in [9.17, 15) is 14.7 Å². The smallest absolute Gasteiger partial charge is 0.306 e. The van der Waals surface area contributed by atoms with Crippen molar-refractivity contribution in [3.63, 3.8) is 0 Å². The molecule has 2 atom stereocenters. The maximum Gasteiger partial charge on any atom is 0.306 e. The number of aliphatic hydroxyl groups excluding tert-OH is 1. The molecule has 0 saturated carbocycles. The zero-order valence-electron chi connectivity index (χ0n) is 26.3. The van der Waals surface area contributed by atoms with Crippen molar-refractivity contribution in [3.05, 3.63) is 0 Å². The Kier molecular flexibility index (Phi) is 29.0. The maximum absolute atomic E-state index is 12.1. The Hall–Kier alpha value is -1.10. The van der Waals surface area contributed by atoms with Gasteiger partial charge in [-0.3, -0.25) is 9.59 Å². The van der Waals surface area contributed by atoms with Crippen LogP contribution in [0.2, 0.25) is 0 Å². The maximum atomic E-state index is 12.1. The predicted octanol–water partition coefficient (Wildman–Crippen LogP) is 9.86. The number of hydrogen-bond acceptors (Lipinski definition) is 5. The topological polar surface area (TPSA) is 72.8 Å². The van der Waals surface area contributed by atoms with Gasteiger partial charge >= 0.3 is 11.9 Å². The van der Waals surface area contributed by atoms with Crippen molar-refractivity contribution in [1.29, 1.82) is 0 Å². The summed E-state index contributed by atoms with van der Waals surface area (Å²) >= 11 is 0. The molecule has 232 valence electrons. The Morgan fingerprint density at radius 1 is 0.590 bits per heavy atom. The normalized spacial score (nSPS) is 12.8. The SMILES string of the molecule is CCCCCCCCCCCCCC(=O)O[C@@H](CO)COC(=O)CCCCCCCCCCCCC(C)CC. The lowest BCUT2D eigenvalue weighted by molar-refractivity contribution is -0.161. The summed E-state index contributed by atoms with van der Waals surface area (Å²) in [5.74, 6) is 0.296. The number of unbranched alkanes of at least 4 members (excludes halogenated alkanes) is 19. The first-order valence-electron chi connectivity index (χ1n) is 17.0. The zero-order chi connectivity index (χ0) is 28.8. The average Bonchev–Trinajstić information content (AvgIpc) is 2.94. The van der Waals surface area contributed by atoms with Crippen LogP contribution in [-0.2, 0) is 19.1 Å². The van der Waals surface area contributed by atoms with Crippen molar-refractivity contribution < 1.29 is 24.2 Å². The zero-order valence-corrected chi connectivity index (χ0v) is 26.3. The lowest BCUT2D eigenvalue weighted by Crippen LogP contribution is -2.28. The molecule has 0 aromatic rings. The van der Waals surface area contributed by atoms with Gasteiger partial charge < -0.3 is 14.6 Å². The van der Waals surface area contributed by atoms with E-state index in [0.29, 0.717) is 12.8 Å². The molecule has 0 amide bonds. The van der Waals surface area contributed by atoms with Crippen molar-refractivity contribution in [2.24, 2.45) is 5.92 Å². The third kappa shape index (κ3) is 28.2. The van der Waals surface area contributed by atoms with E-state index < -0.39 is 6.10 Å². The summed E-state index contributed by atoms with van der Waals surface area (Å²) in [5.41, 5.74) is 0. The van der Waals surface area contributed by atoms with Crippen LogP contribution in [0.15, 0.2) is 0 Å². The van der Waals surface area contributed by atoms with Crippen molar-refractivity contribution >= 4 is 11.9 Å². The van der Waals surface area contributed by atoms with E-state index >= 15 is 0 Å². The highest BCUT2D eigenvalue weighted by Crippen LogP contribution is 2.16. The van der Waals surface area contributed by atoms with Crippen LogP contribution in [0.25, 0.3) is 0 Å². The van der Waals surface area contributed by atoms with Gasteiger partial charge in [-0.05, 0) is 18.8 Å². The van der Waals surface area contributed by atoms with Crippen LogP contribution in [0.4, 0.5) is 0 Å². The van der Waals surface area contributed by atoms with E-state index in [1.807, 2.05) is 0 Å². The van der Waals surface area contributed by atoms with Crippen molar-refractivity contribution in [1.82, 2.24) is 0 Å². The van der Waals surface area contributed by atoms with Crippen LogP contribution in [0.5, 0.6) is 0 Å². The van der Waals surface area contributed by atoms with Crippen LogP contribution in [0.3, 0.4) is 0 Å². The summed E-state index contributed by atoms with van der Waals surface area (Å²) in [7, 11) is 0. The Labute approximate surface area is 242 Å². The molecule has 1 unspecified atom stereocenters. The van der Waals surface area contributed by atoms with E-state index in [2.05, 4.69) is 20.8 Å². The molecule has 0 aliphatic heterocycles. The third-order valence-electron chi connectivity index (χ3n) is 7.94. The van der Waals surface area contributed by atoms with Gasteiger partial charge in [-0.1, -0.05) is 156 Å². The lowest BCUT2D eigenvalue weighted by atomic mass is 9.99. The van der Waals surface area contributed by atoms with Gasteiger partial charge in [0.2, 0.25) is 0 Å². The number of aliphatic hydroxyl groups is 1. The standard InChI is InChI=1S/C34H66O5/c1-4-6-7-8-9-10-11-16-19-22-25-28-34(37)39-32(29-35)30-38-33(36)27-24-21-18-15-13-12-14-17-20-23-26-31(3)5-2/h31-32,35H,4-30H2,1-3H3/t31?,32-/m0/s1. The van der Waals surface area contributed by atoms with Gasteiger partial charge in [0.25, 0.3) is 0 Å². The van der Waals surface area contributed by atoms with Gasteiger partial charge in [-0.25, -0.2) is 0 Å². The minimum absolute atomic E-state index is 0.0588. The van der Waals surface area contributed by atoms with E-state index in [4.69, 9.17) is 9.47 Å². The first-order chi connectivity index (χ1) is 19.0. The van der Waals surface area contributed by atoms with E-state index in [1.165, 1.54) is 109 Å². The molecule has 0 radical (unpaired) electrons. The minimum atomic E-state index is -0.760. The van der Waals surface area contributed by atoms with Gasteiger partial charge in [0.15, 0.2) is 6.10 Å². The quantitative estimate of drug-likeness (QED) is 0.0706. The summed E-state index contributed by atoms with van der Waals surface area (Å²) in [5, 5.41) is 9.49. The van der Waals surface area contributed by atoms with Gasteiger partial charge in [-0.2, -0.15) is 0 Å². The second-order valence-corrected chi connectivity index (χ2v) is 11.9. The average molecular weight is 555 g/mol. The second kappa shape index (κ2) is 29.9. The van der Waals surface area contributed by atoms with Gasteiger partial charge in [-0.15, -0.1) is 0 Å². The Morgan fingerprint density at radius 2 is 1.00 bits per heavy atom. The Balaban J connectivity index is 3.55. The number of rotatable bonds is 30. The van der Waals surface area contributed by atoms with Gasteiger partial charge in [0.05, 0.1) is 6.61 Å². The molecule has 5 heteroatoms. The molecule has 0 aromatic carbocycles. The molecule has 0 aliphatic rings. The van der Waals surface area contributed by atoms with Crippen LogP contribution < -0.4 is 0 Å². The molecular formula is C34H66O5. The van der Waals surface area contributed by atoms with Crippen LogP contribution in [-0.4, -0.2) is 36.4 Å². The first kappa shape index (κ1) is 37.9. The molecule has 0 bridgehead atoms. The van der Waals surface area contributed by atoms with Crippen LogP contribution >= 0.6 is 0 Å². The highest BCUT2D eigenvalue weighted by Gasteiger charge is 2.16. The van der Waals surface area contributed by atoms with Crippen molar-refractivity contribution in [2.45, 2.75) is 187 Å². The predicted molar refractivity (Wildman–Crippen MR) is 164 cm³/mol. The minimum Gasteiger partial charge on any atom is -0.462 e. The summed E-state index contributed by atoms with van der Waals surface area (Å²) in [4.78, 5) is 24.1. The summed E-state index contributed by atoms with van der Waals surface area (Å²) < 4.78 is 10.5. The molecule has 1 N–H and O–H groups in total. The molecule has 0 saturated heterocycles. The highest BCUT2D eigenvalue weighted by atomic mass is 16.6. The number of carbonyl (C=O) groups excluding carboxylic acids is 2. The van der Waals surface area contributed by atoms with E-state index in [1.54, 1.807) is 0 Å². The molecule has 0 fully saturated rings. The molecule has 0 spiro atoms. The monoisotopic (exact) mass is 554 g/mol. The summed E-state index contributed by atoms with van der Waals surface area (Å²) in [6.07, 6.45) is 28.6. The number of carbonyl (C=O) groups is 2. The van der Waals surface area contributed by atoms with Gasteiger partial charge in [0.1, 0.15) is 6.61 Å². The molecule has 0 rings (SSSR count). The summed E-state index contributed by atoms with van der Waals surface area (Å²) in [6.45, 7) is 6.49. The fraction of sp³-hybridized carbons (Fsp3) is 0.941. The third-order valence-corrected chi connectivity index (χ3v) is 7.94. The number of esters is 2. The largest absolute Gasteiger partial charge is 0.462 e. The number of ether oxygens (including phenoxy) is 2. The molecule has 0 aromatic heterocycles. The van der Waals surface area contributed by atoms with E-state index in [0.717, 1.165) is 44.4 Å². The summed E-state index contributed by atoms with van der Waals surface area (Å²) in [6, 6.07) is 0. The fourth-order valence-corrected chi connectivity index (χ4v) is 4.94. The van der Waals surface area contributed by atoms with Crippen molar-refractivity contribution in [2.75, 3.05) is 13.2 Å². The van der Waals surface area contributed by atoms with E-state index in [-0.39, 0.29) is 25.2 Å². The first-order valence-corrected chi connectivity index (χ1v) is 17.0. The fourth-order valence-electron chi connectivity index (χ4n) is 4.94. The van der Waals surface area contributed by atoms with Gasteiger partial charge in [0, 0.05) is 12.8 Å². The Bertz CT molecular complexity index is 536. The molecule has 39 heavy (non-hydrogen) atoms. The molecule has 0 heterocycles. The molecule has 5 nitrogen and oxygen atoms in total. The van der Waals surface area contributed by atoms with Crippen LogP contribution in [0.1, 0.15) is 181 Å². The second-order valence-electron chi connectivity index (χ2n) is 11.9. The lowest BCUT2D eigenvalue weighted by Gasteiger charge is -2.15. The van der Waals surface area contributed by atoms with Crippen LogP contribution in [0, 0.1) is 5.92 Å². The molecule has 0 aliphatic carbocycles. The Morgan fingerprint density at radius 3 is 1.44 bits per heavy atom. The highest BCUT2D eigenvalue weighted by molar-refractivity contribution is 5.70.